The van der Waals surface area contributed by atoms with Gasteiger partial charge in [-0.25, -0.2) is 14.5 Å². The van der Waals surface area contributed by atoms with Crippen LogP contribution in [0.25, 0.3) is 0 Å². The van der Waals surface area contributed by atoms with Crippen LogP contribution in [0.2, 0.25) is 0 Å². The van der Waals surface area contributed by atoms with Gasteiger partial charge < -0.3 is 10.2 Å². The number of hydrogen-bond donors (Lipinski definition) is 1. The minimum Gasteiger partial charge on any atom is -0.349 e. The lowest BCUT2D eigenvalue weighted by Gasteiger charge is -2.15. The van der Waals surface area contributed by atoms with Crippen molar-refractivity contribution in [2.75, 3.05) is 13.1 Å². The maximum Gasteiger partial charge on any atom is 0.271 e. The van der Waals surface area contributed by atoms with Gasteiger partial charge in [-0.3, -0.25) is 0 Å². The number of nitrogens with zero attached hydrogens (tertiary/aromatic N) is 3. The fourth-order valence-electron chi connectivity index (χ4n) is 1.68. The summed E-state index contributed by atoms with van der Waals surface area (Å²) in [4.78, 5) is 11.9. The summed E-state index contributed by atoms with van der Waals surface area (Å²) in [7, 11) is 0. The summed E-state index contributed by atoms with van der Waals surface area (Å²) < 4.78 is 13.4. The molecule has 1 aliphatic rings. The average molecular weight is 238 g/mol. The highest BCUT2D eigenvalue weighted by Crippen LogP contribution is 2.11. The third-order valence-electron chi connectivity index (χ3n) is 2.46. The second-order valence-electron chi connectivity index (χ2n) is 3.60. The summed E-state index contributed by atoms with van der Waals surface area (Å²) in [5.74, 6) is -0.141. The lowest BCUT2D eigenvalue weighted by molar-refractivity contribution is -0.485. The van der Waals surface area contributed by atoms with Crippen molar-refractivity contribution in [3.8, 4) is 0 Å². The third kappa shape index (κ3) is 2.68. The van der Waals surface area contributed by atoms with E-state index in [2.05, 4.69) is 10.4 Å². The molecule has 1 N–H and O–H groups in total. The Morgan fingerprint density at radius 3 is 3.00 bits per heavy atom. The molecule has 17 heavy (non-hydrogen) atoms. The first-order valence-electron chi connectivity index (χ1n) is 5.12. The lowest BCUT2D eigenvalue weighted by atomic mass is 10.2. The molecule has 1 fully saturated rings. The van der Waals surface area contributed by atoms with Gasteiger partial charge in [0.05, 0.1) is 0 Å². The van der Waals surface area contributed by atoms with E-state index in [-0.39, 0.29) is 18.3 Å². The molecule has 0 aromatic heterocycles. The zero-order valence-corrected chi connectivity index (χ0v) is 8.97. The third-order valence-corrected chi connectivity index (χ3v) is 2.46. The molecule has 0 aliphatic carbocycles. The molecule has 6 nitrogen and oxygen atoms in total. The van der Waals surface area contributed by atoms with Crippen LogP contribution in [0.15, 0.2) is 29.4 Å². The lowest BCUT2D eigenvalue weighted by Crippen LogP contribution is -2.30. The summed E-state index contributed by atoms with van der Waals surface area (Å²) in [5.41, 5.74) is 0.493. The van der Waals surface area contributed by atoms with E-state index in [1.165, 1.54) is 6.07 Å². The molecule has 0 unspecified atom stereocenters. The van der Waals surface area contributed by atoms with E-state index in [0.717, 1.165) is 0 Å². The van der Waals surface area contributed by atoms with Gasteiger partial charge >= 0.3 is 0 Å². The van der Waals surface area contributed by atoms with Crippen LogP contribution in [0.1, 0.15) is 5.56 Å². The molecule has 0 spiro atoms. The van der Waals surface area contributed by atoms with Gasteiger partial charge in [-0.2, -0.15) is 0 Å². The number of benzene rings is 1. The molecule has 1 heterocycles. The van der Waals surface area contributed by atoms with Crippen molar-refractivity contribution in [1.29, 1.82) is 0 Å². The fraction of sp³-hybridized carbons (Fsp3) is 0.300. The smallest absolute Gasteiger partial charge is 0.271 e. The van der Waals surface area contributed by atoms with Crippen LogP contribution in [0.4, 0.5) is 4.39 Å². The first kappa shape index (κ1) is 11.3. The van der Waals surface area contributed by atoms with E-state index >= 15 is 0 Å². The molecular weight excluding hydrogens is 227 g/mol. The van der Waals surface area contributed by atoms with Crippen molar-refractivity contribution in [1.82, 2.24) is 10.2 Å². The molecule has 1 aromatic carbocycles. The fourth-order valence-corrected chi connectivity index (χ4v) is 1.68. The minimum atomic E-state index is -0.762. The quantitative estimate of drug-likeness (QED) is 0.624. The van der Waals surface area contributed by atoms with Gasteiger partial charge in [0.1, 0.15) is 10.9 Å². The molecule has 0 atom stereocenters. The summed E-state index contributed by atoms with van der Waals surface area (Å²) in [6, 6.07) is 6.35. The first-order valence-corrected chi connectivity index (χ1v) is 5.12. The van der Waals surface area contributed by atoms with E-state index in [0.29, 0.717) is 18.7 Å². The van der Waals surface area contributed by atoms with Crippen molar-refractivity contribution in [3.05, 3.63) is 45.8 Å². The molecule has 2 rings (SSSR count). The van der Waals surface area contributed by atoms with Crippen LogP contribution in [-0.4, -0.2) is 29.0 Å². The Morgan fingerprint density at radius 1 is 1.53 bits per heavy atom. The number of nitro groups is 1. The normalized spacial score (nSPS) is 17.2. The van der Waals surface area contributed by atoms with Crippen LogP contribution in [-0.2, 0) is 6.54 Å². The predicted molar refractivity (Wildman–Crippen MR) is 59.2 cm³/mol. The average Bonchev–Trinajstić information content (AvgIpc) is 2.68. The molecule has 90 valence electrons. The van der Waals surface area contributed by atoms with Crippen molar-refractivity contribution in [3.63, 3.8) is 0 Å². The van der Waals surface area contributed by atoms with Crippen molar-refractivity contribution >= 4 is 5.96 Å². The molecule has 0 radical (unpaired) electrons. The Kier molecular flexibility index (Phi) is 3.17. The maximum atomic E-state index is 13.4. The number of hydrogen-bond acceptors (Lipinski definition) is 2. The van der Waals surface area contributed by atoms with Gasteiger partial charge in [0.25, 0.3) is 5.96 Å². The summed E-state index contributed by atoms with van der Waals surface area (Å²) in [6.07, 6.45) is 0. The Bertz CT molecular complexity index is 463. The number of guanidine groups is 1. The monoisotopic (exact) mass is 238 g/mol. The van der Waals surface area contributed by atoms with Gasteiger partial charge in [0.15, 0.2) is 5.03 Å². The summed E-state index contributed by atoms with van der Waals surface area (Å²) >= 11 is 0. The van der Waals surface area contributed by atoms with E-state index in [1.807, 2.05) is 0 Å². The van der Waals surface area contributed by atoms with Gasteiger partial charge in [-0.05, 0) is 6.07 Å². The molecule has 1 aliphatic heterocycles. The Labute approximate surface area is 96.9 Å². The second kappa shape index (κ2) is 4.77. The van der Waals surface area contributed by atoms with Gasteiger partial charge in [0, 0.05) is 25.2 Å². The van der Waals surface area contributed by atoms with Crippen molar-refractivity contribution in [2.45, 2.75) is 6.54 Å². The first-order chi connectivity index (χ1) is 8.16. The van der Waals surface area contributed by atoms with Crippen LogP contribution in [0.5, 0.6) is 0 Å². The number of rotatable bonds is 3. The molecular formula is C10H11FN4O2. The standard InChI is InChI=1S/C10H11FN4O2/c11-9-4-2-1-3-8(9)7-14-6-5-12-10(14)13-15(16)17/h1-4H,5-7H2,(H,12,13). The molecule has 0 bridgehead atoms. The molecule has 7 heteroatoms. The van der Waals surface area contributed by atoms with Crippen LogP contribution >= 0.6 is 0 Å². The van der Waals surface area contributed by atoms with Crippen LogP contribution in [0.3, 0.4) is 0 Å². The zero-order chi connectivity index (χ0) is 12.3. The van der Waals surface area contributed by atoms with Crippen molar-refractivity contribution < 1.29 is 9.42 Å². The predicted octanol–water partition coefficient (Wildman–Crippen LogP) is 0.779. The van der Waals surface area contributed by atoms with E-state index in [1.54, 1.807) is 23.1 Å². The zero-order valence-electron chi connectivity index (χ0n) is 8.97. The van der Waals surface area contributed by atoms with E-state index in [4.69, 9.17) is 0 Å². The van der Waals surface area contributed by atoms with Gasteiger partial charge in [-0.15, -0.1) is 0 Å². The minimum absolute atomic E-state index is 0.179. The number of hydrazone groups is 1. The maximum absolute atomic E-state index is 13.4. The Morgan fingerprint density at radius 2 is 2.29 bits per heavy atom. The van der Waals surface area contributed by atoms with Crippen LogP contribution in [0, 0.1) is 15.9 Å². The number of halogens is 1. The van der Waals surface area contributed by atoms with Gasteiger partial charge in [-0.1, -0.05) is 18.2 Å². The highest BCUT2D eigenvalue weighted by molar-refractivity contribution is 5.81. The topological polar surface area (TPSA) is 70.8 Å². The van der Waals surface area contributed by atoms with E-state index < -0.39 is 5.03 Å². The molecule has 1 saturated heterocycles. The van der Waals surface area contributed by atoms with Crippen molar-refractivity contribution in [2.24, 2.45) is 5.10 Å². The Balaban J connectivity index is 2.13. The SMILES string of the molecule is O=[N+]([O-])/N=C1\NCCN1Cc1ccccc1F. The highest BCUT2D eigenvalue weighted by Gasteiger charge is 2.22. The van der Waals surface area contributed by atoms with Crippen LogP contribution < -0.4 is 5.32 Å². The Hall–Kier alpha value is -2.18. The molecule has 0 amide bonds. The molecule has 1 aromatic rings. The number of nitrogens with one attached hydrogen (secondary N) is 1. The summed E-state index contributed by atoms with van der Waals surface area (Å²) in [6.45, 7) is 1.41. The van der Waals surface area contributed by atoms with E-state index in [9.17, 15) is 14.5 Å². The largest absolute Gasteiger partial charge is 0.349 e. The highest BCUT2D eigenvalue weighted by atomic mass is 19.1. The van der Waals surface area contributed by atoms with Gasteiger partial charge in [0.2, 0.25) is 0 Å². The molecule has 0 saturated carbocycles. The second-order valence-corrected chi connectivity index (χ2v) is 3.60. The summed E-state index contributed by atoms with van der Waals surface area (Å²) in [5, 5.41) is 15.5.